The van der Waals surface area contributed by atoms with Crippen LogP contribution in [-0.2, 0) is 19.7 Å². The van der Waals surface area contributed by atoms with Gasteiger partial charge in [0, 0.05) is 17.5 Å². The Labute approximate surface area is 125 Å². The quantitative estimate of drug-likeness (QED) is 0.580. The summed E-state index contributed by atoms with van der Waals surface area (Å²) in [5.41, 5.74) is 0. The van der Waals surface area contributed by atoms with Crippen molar-refractivity contribution in [2.45, 2.75) is 4.90 Å². The van der Waals surface area contributed by atoms with E-state index in [1.807, 2.05) is 6.07 Å². The van der Waals surface area contributed by atoms with Crippen LogP contribution in [0.3, 0.4) is 0 Å². The molecule has 0 amide bonds. The first-order valence-corrected chi connectivity index (χ1v) is 7.25. The van der Waals surface area contributed by atoms with Gasteiger partial charge in [0.1, 0.15) is 4.90 Å². The first kappa shape index (κ1) is 17.3. The van der Waals surface area contributed by atoms with Gasteiger partial charge in [-0.3, -0.25) is 4.55 Å². The second-order valence-corrected chi connectivity index (χ2v) is 5.35. The normalized spacial score (nSPS) is 11.0. The standard InChI is InChI=1S/C10H8O3S.C4H4O4/c11-14(12,13)10-7-3-5-8-4-1-2-6-9(8)10;5-3(6)1-2-4(7)8/h1-7H,(H,11,12,13);1-2H,(H,5,6)(H,7,8). The van der Waals surface area contributed by atoms with Gasteiger partial charge in [0.2, 0.25) is 0 Å². The maximum atomic E-state index is 11.0. The molecular formula is C14H12O7S. The third kappa shape index (κ3) is 5.35. The van der Waals surface area contributed by atoms with Crippen LogP contribution in [0.25, 0.3) is 10.8 Å². The Kier molecular flexibility index (Phi) is 5.79. The number of hydrogen-bond acceptors (Lipinski definition) is 4. The van der Waals surface area contributed by atoms with Crippen molar-refractivity contribution in [2.24, 2.45) is 0 Å². The van der Waals surface area contributed by atoms with E-state index in [4.69, 9.17) is 14.8 Å². The Balaban J connectivity index is 0.000000261. The van der Waals surface area contributed by atoms with Crippen LogP contribution in [0.4, 0.5) is 0 Å². The number of benzene rings is 2. The fraction of sp³-hybridized carbons (Fsp3) is 0. The number of carboxylic acid groups (broad SMARTS) is 2. The van der Waals surface area contributed by atoms with Gasteiger partial charge < -0.3 is 10.2 Å². The number of carboxylic acids is 2. The maximum Gasteiger partial charge on any atom is 0.328 e. The van der Waals surface area contributed by atoms with Gasteiger partial charge in [0.05, 0.1) is 0 Å². The molecule has 7 nitrogen and oxygen atoms in total. The van der Waals surface area contributed by atoms with Crippen molar-refractivity contribution in [1.29, 1.82) is 0 Å². The highest BCUT2D eigenvalue weighted by molar-refractivity contribution is 7.86. The zero-order valence-corrected chi connectivity index (χ0v) is 11.9. The monoisotopic (exact) mass is 324 g/mol. The van der Waals surface area contributed by atoms with Gasteiger partial charge in [-0.25, -0.2) is 9.59 Å². The summed E-state index contributed by atoms with van der Waals surface area (Å²) in [6.07, 6.45) is 1.12. The number of fused-ring (bicyclic) bond motifs is 1. The van der Waals surface area contributed by atoms with Crippen molar-refractivity contribution in [3.63, 3.8) is 0 Å². The molecule has 2 aromatic rings. The first-order chi connectivity index (χ1) is 10.2. The molecule has 0 atom stereocenters. The summed E-state index contributed by atoms with van der Waals surface area (Å²) in [5.74, 6) is -2.51. The molecule has 2 aromatic carbocycles. The van der Waals surface area contributed by atoms with E-state index < -0.39 is 22.1 Å². The number of rotatable bonds is 3. The molecule has 0 aliphatic carbocycles. The molecule has 3 N–H and O–H groups in total. The fourth-order valence-electron chi connectivity index (χ4n) is 1.56. The van der Waals surface area contributed by atoms with Gasteiger partial charge in [-0.2, -0.15) is 8.42 Å². The fourth-order valence-corrected chi connectivity index (χ4v) is 2.28. The Morgan fingerprint density at radius 3 is 1.86 bits per heavy atom. The SMILES string of the molecule is O=C(O)C=CC(=O)O.O=S(=O)(O)c1cccc2ccccc12. The lowest BCUT2D eigenvalue weighted by Gasteiger charge is -2.02. The third-order valence-electron chi connectivity index (χ3n) is 2.40. The minimum Gasteiger partial charge on any atom is -0.478 e. The molecular weight excluding hydrogens is 312 g/mol. The molecule has 0 saturated carbocycles. The Morgan fingerprint density at radius 2 is 1.36 bits per heavy atom. The van der Waals surface area contributed by atoms with Gasteiger partial charge in [-0.15, -0.1) is 0 Å². The number of hydrogen-bond donors (Lipinski definition) is 3. The van der Waals surface area contributed by atoms with E-state index in [0.717, 1.165) is 5.39 Å². The van der Waals surface area contributed by atoms with Crippen molar-refractivity contribution in [3.05, 3.63) is 54.6 Å². The van der Waals surface area contributed by atoms with E-state index in [9.17, 15) is 18.0 Å². The molecule has 0 aliphatic heterocycles. The summed E-state index contributed by atoms with van der Waals surface area (Å²) < 4.78 is 31.0. The van der Waals surface area contributed by atoms with Crippen molar-refractivity contribution >= 4 is 32.8 Å². The molecule has 0 fully saturated rings. The summed E-state index contributed by atoms with van der Waals surface area (Å²) >= 11 is 0. The van der Waals surface area contributed by atoms with Crippen LogP contribution in [0.2, 0.25) is 0 Å². The zero-order chi connectivity index (χ0) is 16.8. The van der Waals surface area contributed by atoms with Gasteiger partial charge in [0.25, 0.3) is 10.1 Å². The van der Waals surface area contributed by atoms with E-state index in [1.165, 1.54) is 6.07 Å². The molecule has 0 bridgehead atoms. The molecule has 116 valence electrons. The molecule has 0 heterocycles. The molecule has 0 aliphatic rings. The minimum atomic E-state index is -4.13. The lowest BCUT2D eigenvalue weighted by atomic mass is 10.1. The van der Waals surface area contributed by atoms with Crippen molar-refractivity contribution in [3.8, 4) is 0 Å². The van der Waals surface area contributed by atoms with Crippen molar-refractivity contribution in [1.82, 2.24) is 0 Å². The number of carbonyl (C=O) groups is 2. The zero-order valence-electron chi connectivity index (χ0n) is 11.1. The molecule has 2 rings (SSSR count). The summed E-state index contributed by atoms with van der Waals surface area (Å²) in [5, 5.41) is 17.0. The predicted molar refractivity (Wildman–Crippen MR) is 78.2 cm³/mol. The molecule has 0 spiro atoms. The summed E-state index contributed by atoms with van der Waals surface area (Å²) in [6.45, 7) is 0. The highest BCUT2D eigenvalue weighted by Crippen LogP contribution is 2.21. The van der Waals surface area contributed by atoms with Crippen LogP contribution >= 0.6 is 0 Å². The Hall–Kier alpha value is -2.71. The minimum absolute atomic E-state index is 0.0457. The van der Waals surface area contributed by atoms with E-state index >= 15 is 0 Å². The van der Waals surface area contributed by atoms with Crippen LogP contribution in [0.15, 0.2) is 59.5 Å². The third-order valence-corrected chi connectivity index (χ3v) is 3.31. The molecule has 0 aromatic heterocycles. The lowest BCUT2D eigenvalue weighted by Crippen LogP contribution is -1.98. The predicted octanol–water partition coefficient (Wildman–Crippen LogP) is 1.80. The van der Waals surface area contributed by atoms with Gasteiger partial charge in [-0.1, -0.05) is 36.4 Å². The molecule has 22 heavy (non-hydrogen) atoms. The molecule has 8 heteroatoms. The van der Waals surface area contributed by atoms with Crippen molar-refractivity contribution in [2.75, 3.05) is 0 Å². The smallest absolute Gasteiger partial charge is 0.328 e. The van der Waals surface area contributed by atoms with Gasteiger partial charge in [-0.05, 0) is 11.5 Å². The summed E-state index contributed by atoms with van der Waals surface area (Å²) in [4.78, 5) is 19.1. The maximum absolute atomic E-state index is 11.0. The van der Waals surface area contributed by atoms with Crippen LogP contribution in [0.1, 0.15) is 0 Å². The first-order valence-electron chi connectivity index (χ1n) is 5.81. The van der Waals surface area contributed by atoms with E-state index in [1.54, 1.807) is 30.3 Å². The largest absolute Gasteiger partial charge is 0.478 e. The van der Waals surface area contributed by atoms with E-state index in [-0.39, 0.29) is 4.90 Å². The lowest BCUT2D eigenvalue weighted by molar-refractivity contribution is -0.134. The number of aliphatic carboxylic acids is 2. The van der Waals surface area contributed by atoms with Gasteiger partial charge in [0.15, 0.2) is 0 Å². The second kappa shape index (κ2) is 7.34. The average Bonchev–Trinajstić information content (AvgIpc) is 2.44. The highest BCUT2D eigenvalue weighted by atomic mass is 32.2. The van der Waals surface area contributed by atoms with Crippen LogP contribution < -0.4 is 0 Å². The molecule has 0 saturated heterocycles. The topological polar surface area (TPSA) is 129 Å². The summed E-state index contributed by atoms with van der Waals surface area (Å²) in [6, 6.07) is 11.8. The van der Waals surface area contributed by atoms with Crippen LogP contribution in [0, 0.1) is 0 Å². The molecule has 0 radical (unpaired) electrons. The second-order valence-electron chi connectivity index (χ2n) is 3.96. The summed E-state index contributed by atoms with van der Waals surface area (Å²) in [7, 11) is -4.13. The average molecular weight is 324 g/mol. The van der Waals surface area contributed by atoms with E-state index in [0.29, 0.717) is 17.5 Å². The van der Waals surface area contributed by atoms with Crippen molar-refractivity contribution < 1.29 is 32.8 Å². The highest BCUT2D eigenvalue weighted by Gasteiger charge is 2.12. The van der Waals surface area contributed by atoms with Crippen LogP contribution in [0.5, 0.6) is 0 Å². The Bertz CT molecular complexity index is 801. The Morgan fingerprint density at radius 1 is 0.864 bits per heavy atom. The van der Waals surface area contributed by atoms with Gasteiger partial charge >= 0.3 is 11.9 Å². The van der Waals surface area contributed by atoms with E-state index in [2.05, 4.69) is 0 Å². The molecule has 0 unspecified atom stereocenters. The van der Waals surface area contributed by atoms with Crippen LogP contribution in [-0.4, -0.2) is 35.1 Å².